The molecular weight excluding hydrogens is 188 g/mol. The monoisotopic (exact) mass is 198 g/mol. The molecule has 1 heterocycles. The number of hydrogen-bond acceptors (Lipinski definition) is 3. The van der Waals surface area contributed by atoms with E-state index in [1.54, 1.807) is 6.07 Å². The van der Waals surface area contributed by atoms with Gasteiger partial charge in [-0.05, 0) is 31.2 Å². The second-order valence-electron chi connectivity index (χ2n) is 3.10. The molecule has 0 unspecified atom stereocenters. The number of fused-ring (bicyclic) bond motifs is 1. The van der Waals surface area contributed by atoms with Crippen LogP contribution < -0.4 is 4.74 Å². The first kappa shape index (κ1) is 9.47. The van der Waals surface area contributed by atoms with E-state index in [1.165, 1.54) is 0 Å². The first-order valence-corrected chi connectivity index (χ1v) is 4.77. The second-order valence-corrected chi connectivity index (χ2v) is 3.10. The largest absolute Gasteiger partial charge is 0.478 e. The molecule has 2 aromatic rings. The van der Waals surface area contributed by atoms with Gasteiger partial charge in [-0.15, -0.1) is 0 Å². The Morgan fingerprint density at radius 1 is 1.33 bits per heavy atom. The highest BCUT2D eigenvalue weighted by Gasteiger charge is 1.99. The zero-order valence-electron chi connectivity index (χ0n) is 8.40. The van der Waals surface area contributed by atoms with Crippen LogP contribution in [0.4, 0.5) is 0 Å². The molecule has 3 heteroatoms. The van der Waals surface area contributed by atoms with Crippen LogP contribution in [0.25, 0.3) is 10.9 Å². The van der Waals surface area contributed by atoms with Crippen molar-refractivity contribution in [1.29, 1.82) is 5.26 Å². The molecule has 2 rings (SSSR count). The average molecular weight is 198 g/mol. The van der Waals surface area contributed by atoms with Gasteiger partial charge in [0.1, 0.15) is 0 Å². The predicted octanol–water partition coefficient (Wildman–Crippen LogP) is 2.51. The number of benzene rings is 1. The Kier molecular flexibility index (Phi) is 2.51. The van der Waals surface area contributed by atoms with Crippen LogP contribution in [0.5, 0.6) is 5.88 Å². The minimum atomic E-state index is 0.606. The molecule has 0 aliphatic carbocycles. The summed E-state index contributed by atoms with van der Waals surface area (Å²) in [4.78, 5) is 4.31. The summed E-state index contributed by atoms with van der Waals surface area (Å²) in [6.45, 7) is 2.53. The molecule has 0 fully saturated rings. The first-order chi connectivity index (χ1) is 7.33. The number of hydrogen-bond donors (Lipinski definition) is 0. The van der Waals surface area contributed by atoms with Crippen LogP contribution in [0.2, 0.25) is 0 Å². The zero-order chi connectivity index (χ0) is 10.7. The van der Waals surface area contributed by atoms with Crippen LogP contribution in [0, 0.1) is 11.3 Å². The molecule has 0 saturated heterocycles. The molecule has 0 bridgehead atoms. The van der Waals surface area contributed by atoms with Gasteiger partial charge in [-0.1, -0.05) is 0 Å². The summed E-state index contributed by atoms with van der Waals surface area (Å²) in [5.41, 5.74) is 1.49. The number of rotatable bonds is 2. The summed E-state index contributed by atoms with van der Waals surface area (Å²) in [7, 11) is 0. The van der Waals surface area contributed by atoms with Crippen LogP contribution in [0.3, 0.4) is 0 Å². The van der Waals surface area contributed by atoms with E-state index in [2.05, 4.69) is 11.1 Å². The Labute approximate surface area is 87.9 Å². The standard InChI is InChI=1S/C12H10N2O/c1-2-15-12-6-4-10-7-9(8-13)3-5-11(10)14-12/h3-7H,2H2,1H3. The maximum Gasteiger partial charge on any atom is 0.213 e. The predicted molar refractivity (Wildman–Crippen MR) is 57.6 cm³/mol. The topological polar surface area (TPSA) is 45.9 Å². The molecule has 74 valence electrons. The molecule has 15 heavy (non-hydrogen) atoms. The number of nitrogens with zero attached hydrogens (tertiary/aromatic N) is 2. The van der Waals surface area contributed by atoms with E-state index in [0.717, 1.165) is 10.9 Å². The summed E-state index contributed by atoms with van der Waals surface area (Å²) in [6, 6.07) is 11.2. The summed E-state index contributed by atoms with van der Waals surface area (Å²) >= 11 is 0. The van der Waals surface area contributed by atoms with Crippen LogP contribution in [0.1, 0.15) is 12.5 Å². The summed E-state index contributed by atoms with van der Waals surface area (Å²) in [5, 5.41) is 9.70. The van der Waals surface area contributed by atoms with Gasteiger partial charge in [0.2, 0.25) is 5.88 Å². The minimum absolute atomic E-state index is 0.606. The summed E-state index contributed by atoms with van der Waals surface area (Å²) in [6.07, 6.45) is 0. The smallest absolute Gasteiger partial charge is 0.213 e. The van der Waals surface area contributed by atoms with Gasteiger partial charge in [0, 0.05) is 11.5 Å². The third-order valence-corrected chi connectivity index (χ3v) is 2.08. The van der Waals surface area contributed by atoms with Crippen molar-refractivity contribution in [2.24, 2.45) is 0 Å². The highest BCUT2D eigenvalue weighted by atomic mass is 16.5. The highest BCUT2D eigenvalue weighted by molar-refractivity contribution is 5.80. The Bertz CT molecular complexity index is 529. The third kappa shape index (κ3) is 1.89. The Hall–Kier alpha value is -2.08. The van der Waals surface area contributed by atoms with Crippen molar-refractivity contribution in [2.45, 2.75) is 6.92 Å². The molecule has 0 spiro atoms. The number of ether oxygens (including phenoxy) is 1. The molecule has 0 radical (unpaired) electrons. The Morgan fingerprint density at radius 3 is 2.93 bits per heavy atom. The third-order valence-electron chi connectivity index (χ3n) is 2.08. The van der Waals surface area contributed by atoms with E-state index in [9.17, 15) is 0 Å². The lowest BCUT2D eigenvalue weighted by Crippen LogP contribution is -1.94. The number of aromatic nitrogens is 1. The summed E-state index contributed by atoms with van der Waals surface area (Å²) in [5.74, 6) is 0.620. The number of nitriles is 1. The van der Waals surface area contributed by atoms with Crippen molar-refractivity contribution in [3.8, 4) is 11.9 Å². The maximum atomic E-state index is 8.74. The van der Waals surface area contributed by atoms with Crippen molar-refractivity contribution in [1.82, 2.24) is 4.98 Å². The fourth-order valence-corrected chi connectivity index (χ4v) is 1.40. The number of pyridine rings is 1. The van der Waals surface area contributed by atoms with Crippen molar-refractivity contribution in [3.05, 3.63) is 35.9 Å². The second kappa shape index (κ2) is 3.97. The van der Waals surface area contributed by atoms with Gasteiger partial charge >= 0.3 is 0 Å². The molecular formula is C12H10N2O. The quantitative estimate of drug-likeness (QED) is 0.744. The lowest BCUT2D eigenvalue weighted by Gasteiger charge is -2.03. The van der Waals surface area contributed by atoms with Crippen LogP contribution in [-0.2, 0) is 0 Å². The highest BCUT2D eigenvalue weighted by Crippen LogP contribution is 2.17. The molecule has 0 aliphatic rings. The molecule has 0 N–H and O–H groups in total. The van der Waals surface area contributed by atoms with Crippen molar-refractivity contribution in [3.63, 3.8) is 0 Å². The molecule has 0 saturated carbocycles. The Balaban J connectivity index is 2.51. The lowest BCUT2D eigenvalue weighted by atomic mass is 10.1. The molecule has 1 aromatic heterocycles. The van der Waals surface area contributed by atoms with E-state index in [0.29, 0.717) is 18.1 Å². The van der Waals surface area contributed by atoms with Gasteiger partial charge in [-0.2, -0.15) is 5.26 Å². The van der Waals surface area contributed by atoms with Gasteiger partial charge in [0.15, 0.2) is 0 Å². The van der Waals surface area contributed by atoms with Gasteiger partial charge in [0.05, 0.1) is 23.8 Å². The van der Waals surface area contributed by atoms with Gasteiger partial charge in [-0.25, -0.2) is 4.98 Å². The van der Waals surface area contributed by atoms with Crippen LogP contribution >= 0.6 is 0 Å². The molecule has 1 aromatic carbocycles. The van der Waals surface area contributed by atoms with E-state index in [4.69, 9.17) is 10.00 Å². The normalized spacial score (nSPS) is 9.87. The average Bonchev–Trinajstić information content (AvgIpc) is 2.29. The van der Waals surface area contributed by atoms with Gasteiger partial charge in [0.25, 0.3) is 0 Å². The fourth-order valence-electron chi connectivity index (χ4n) is 1.40. The van der Waals surface area contributed by atoms with Gasteiger partial charge < -0.3 is 4.74 Å². The van der Waals surface area contributed by atoms with Gasteiger partial charge in [-0.3, -0.25) is 0 Å². The molecule has 0 aliphatic heterocycles. The van der Waals surface area contributed by atoms with Crippen LogP contribution in [0.15, 0.2) is 30.3 Å². The van der Waals surface area contributed by atoms with E-state index >= 15 is 0 Å². The van der Waals surface area contributed by atoms with E-state index in [1.807, 2.05) is 31.2 Å². The van der Waals surface area contributed by atoms with Crippen molar-refractivity contribution in [2.75, 3.05) is 6.61 Å². The first-order valence-electron chi connectivity index (χ1n) is 4.77. The maximum absolute atomic E-state index is 8.74. The molecule has 0 amide bonds. The fraction of sp³-hybridized carbons (Fsp3) is 0.167. The lowest BCUT2D eigenvalue weighted by molar-refractivity contribution is 0.328. The summed E-state index contributed by atoms with van der Waals surface area (Å²) < 4.78 is 5.29. The minimum Gasteiger partial charge on any atom is -0.478 e. The SMILES string of the molecule is CCOc1ccc2cc(C#N)ccc2n1. The molecule has 0 atom stereocenters. The van der Waals surface area contributed by atoms with Crippen molar-refractivity contribution < 1.29 is 4.74 Å². The molecule has 3 nitrogen and oxygen atoms in total. The zero-order valence-corrected chi connectivity index (χ0v) is 8.40. The van der Waals surface area contributed by atoms with E-state index in [-0.39, 0.29) is 0 Å². The Morgan fingerprint density at radius 2 is 2.20 bits per heavy atom. The van der Waals surface area contributed by atoms with E-state index < -0.39 is 0 Å². The van der Waals surface area contributed by atoms with Crippen molar-refractivity contribution >= 4 is 10.9 Å². The van der Waals surface area contributed by atoms with Crippen LogP contribution in [-0.4, -0.2) is 11.6 Å².